The quantitative estimate of drug-likeness (QED) is 0.869. The first-order valence-corrected chi connectivity index (χ1v) is 8.56. The highest BCUT2D eigenvalue weighted by atomic mass is 32.2. The van der Waals surface area contributed by atoms with Gasteiger partial charge in [0.25, 0.3) is 5.91 Å². The number of thioether (sulfide) groups is 1. The van der Waals surface area contributed by atoms with Crippen LogP contribution in [-0.2, 0) is 4.79 Å². The first-order valence-electron chi connectivity index (χ1n) is 7.40. The summed E-state index contributed by atoms with van der Waals surface area (Å²) in [5.74, 6) is -0.450. The van der Waals surface area contributed by atoms with Gasteiger partial charge in [-0.3, -0.25) is 14.9 Å². The summed E-state index contributed by atoms with van der Waals surface area (Å²) in [6, 6.07) is 2.77. The second-order valence-corrected chi connectivity index (χ2v) is 6.54. The molecule has 3 rings (SSSR count). The van der Waals surface area contributed by atoms with Crippen molar-refractivity contribution in [1.29, 1.82) is 0 Å². The van der Waals surface area contributed by atoms with E-state index in [1.807, 2.05) is 0 Å². The van der Waals surface area contributed by atoms with Gasteiger partial charge >= 0.3 is 0 Å². The molecule has 2 aliphatic rings. The van der Waals surface area contributed by atoms with Crippen molar-refractivity contribution in [3.63, 3.8) is 0 Å². The Labute approximate surface area is 137 Å². The average Bonchev–Trinajstić information content (AvgIpc) is 3.08. The number of benzene rings is 1. The highest BCUT2D eigenvalue weighted by Crippen LogP contribution is 2.16. The molecular formula is C15H17F2N3O2S. The van der Waals surface area contributed by atoms with Gasteiger partial charge in [0.1, 0.15) is 11.6 Å². The molecule has 1 unspecified atom stereocenters. The Morgan fingerprint density at radius 1 is 1.13 bits per heavy atom. The molecule has 8 heteroatoms. The Morgan fingerprint density at radius 2 is 1.83 bits per heavy atom. The van der Waals surface area contributed by atoms with Crippen LogP contribution in [0.4, 0.5) is 8.78 Å². The third-order valence-electron chi connectivity index (χ3n) is 4.05. The summed E-state index contributed by atoms with van der Waals surface area (Å²) < 4.78 is 26.6. The molecule has 0 bridgehead atoms. The highest BCUT2D eigenvalue weighted by Gasteiger charge is 2.31. The molecule has 124 valence electrons. The number of hydrogen-bond donors (Lipinski definition) is 1. The molecule has 0 saturated carbocycles. The van der Waals surface area contributed by atoms with Crippen molar-refractivity contribution in [1.82, 2.24) is 15.1 Å². The number of rotatable bonds is 2. The van der Waals surface area contributed by atoms with Crippen molar-refractivity contribution in [2.45, 2.75) is 6.04 Å². The standard InChI is InChI=1S/C15H17F2N3O2S/c16-10-1-2-11(12(17)7-10)14(21)19-3-5-20(6-4-19)15(22)13-8-23-9-18-13/h1-2,7,13,18H,3-6,8-9H2. The fraction of sp³-hybridized carbons (Fsp3) is 0.467. The lowest BCUT2D eigenvalue weighted by atomic mass is 10.1. The van der Waals surface area contributed by atoms with Gasteiger partial charge in [0.2, 0.25) is 5.91 Å². The Bertz CT molecular complexity index is 615. The van der Waals surface area contributed by atoms with Crippen LogP contribution in [0.1, 0.15) is 10.4 Å². The van der Waals surface area contributed by atoms with E-state index >= 15 is 0 Å². The van der Waals surface area contributed by atoms with Crippen LogP contribution in [0.15, 0.2) is 18.2 Å². The molecule has 2 amide bonds. The molecule has 1 aromatic carbocycles. The van der Waals surface area contributed by atoms with Crippen molar-refractivity contribution >= 4 is 23.6 Å². The zero-order chi connectivity index (χ0) is 16.4. The molecule has 0 radical (unpaired) electrons. The van der Waals surface area contributed by atoms with Crippen LogP contribution in [0.3, 0.4) is 0 Å². The third-order valence-corrected chi connectivity index (χ3v) is 4.99. The number of piperazine rings is 1. The lowest BCUT2D eigenvalue weighted by Gasteiger charge is -2.36. The molecule has 5 nitrogen and oxygen atoms in total. The van der Waals surface area contributed by atoms with Crippen molar-refractivity contribution in [3.8, 4) is 0 Å². The van der Waals surface area contributed by atoms with Gasteiger partial charge in [-0.25, -0.2) is 8.78 Å². The monoisotopic (exact) mass is 341 g/mol. The van der Waals surface area contributed by atoms with E-state index in [0.29, 0.717) is 32.2 Å². The van der Waals surface area contributed by atoms with E-state index in [0.717, 1.165) is 23.8 Å². The minimum absolute atomic E-state index is 0.0510. The minimum atomic E-state index is -0.860. The van der Waals surface area contributed by atoms with Gasteiger partial charge in [-0.15, -0.1) is 11.8 Å². The number of carbonyl (C=O) groups excluding carboxylic acids is 2. The molecule has 1 N–H and O–H groups in total. The number of nitrogens with zero attached hydrogens (tertiary/aromatic N) is 2. The molecule has 2 heterocycles. The van der Waals surface area contributed by atoms with Crippen LogP contribution in [0.25, 0.3) is 0 Å². The molecule has 23 heavy (non-hydrogen) atoms. The number of amides is 2. The van der Waals surface area contributed by atoms with Crippen LogP contribution in [0.2, 0.25) is 0 Å². The number of carbonyl (C=O) groups is 2. The van der Waals surface area contributed by atoms with E-state index in [1.165, 1.54) is 4.90 Å². The van der Waals surface area contributed by atoms with E-state index in [-0.39, 0.29) is 17.5 Å². The molecular weight excluding hydrogens is 324 g/mol. The third kappa shape index (κ3) is 3.48. The van der Waals surface area contributed by atoms with E-state index in [4.69, 9.17) is 0 Å². The lowest BCUT2D eigenvalue weighted by Crippen LogP contribution is -2.54. The first-order chi connectivity index (χ1) is 11.1. The van der Waals surface area contributed by atoms with E-state index < -0.39 is 17.5 Å². The SMILES string of the molecule is O=C(c1ccc(F)cc1F)N1CCN(C(=O)C2CSCN2)CC1. The first kappa shape index (κ1) is 16.2. The molecule has 0 aromatic heterocycles. The maximum atomic E-state index is 13.7. The summed E-state index contributed by atoms with van der Waals surface area (Å²) >= 11 is 1.68. The van der Waals surface area contributed by atoms with Gasteiger partial charge in [0.05, 0.1) is 11.6 Å². The van der Waals surface area contributed by atoms with Crippen molar-refractivity contribution in [2.24, 2.45) is 0 Å². The topological polar surface area (TPSA) is 52.7 Å². The summed E-state index contributed by atoms with van der Waals surface area (Å²) in [6.45, 7) is 1.55. The van der Waals surface area contributed by atoms with Gasteiger partial charge in [-0.2, -0.15) is 0 Å². The van der Waals surface area contributed by atoms with Gasteiger partial charge in [0, 0.05) is 43.9 Å². The van der Waals surface area contributed by atoms with Crippen molar-refractivity contribution in [3.05, 3.63) is 35.4 Å². The van der Waals surface area contributed by atoms with Gasteiger partial charge in [0.15, 0.2) is 0 Å². The largest absolute Gasteiger partial charge is 0.338 e. The molecule has 2 aliphatic heterocycles. The number of halogens is 2. The minimum Gasteiger partial charge on any atom is -0.338 e. The molecule has 0 aliphatic carbocycles. The zero-order valence-electron chi connectivity index (χ0n) is 12.4. The van der Waals surface area contributed by atoms with Gasteiger partial charge in [-0.1, -0.05) is 0 Å². The maximum absolute atomic E-state index is 13.7. The second-order valence-electron chi connectivity index (χ2n) is 5.51. The van der Waals surface area contributed by atoms with Crippen molar-refractivity contribution in [2.75, 3.05) is 37.8 Å². The number of nitrogens with one attached hydrogen (secondary N) is 1. The fourth-order valence-corrected chi connectivity index (χ4v) is 3.67. The van der Waals surface area contributed by atoms with Crippen LogP contribution >= 0.6 is 11.8 Å². The fourth-order valence-electron chi connectivity index (χ4n) is 2.74. The average molecular weight is 341 g/mol. The second kappa shape index (κ2) is 6.84. The van der Waals surface area contributed by atoms with Crippen molar-refractivity contribution < 1.29 is 18.4 Å². The molecule has 2 fully saturated rings. The summed E-state index contributed by atoms with van der Waals surface area (Å²) in [5, 5.41) is 3.13. The van der Waals surface area contributed by atoms with Gasteiger partial charge < -0.3 is 9.80 Å². The molecule has 0 spiro atoms. The van der Waals surface area contributed by atoms with Gasteiger partial charge in [-0.05, 0) is 12.1 Å². The summed E-state index contributed by atoms with van der Waals surface area (Å²) in [7, 11) is 0. The summed E-state index contributed by atoms with van der Waals surface area (Å²) in [6.07, 6.45) is 0. The van der Waals surface area contributed by atoms with Crippen LogP contribution in [0, 0.1) is 11.6 Å². The highest BCUT2D eigenvalue weighted by molar-refractivity contribution is 7.99. The van der Waals surface area contributed by atoms with E-state index in [9.17, 15) is 18.4 Å². The van der Waals surface area contributed by atoms with Crippen LogP contribution in [-0.4, -0.2) is 65.5 Å². The maximum Gasteiger partial charge on any atom is 0.256 e. The zero-order valence-corrected chi connectivity index (χ0v) is 13.2. The predicted octanol–water partition coefficient (Wildman–Crippen LogP) is 0.912. The lowest BCUT2D eigenvalue weighted by molar-refractivity contribution is -0.134. The molecule has 1 atom stereocenters. The van der Waals surface area contributed by atoms with Crippen LogP contribution < -0.4 is 5.32 Å². The Kier molecular flexibility index (Phi) is 4.82. The van der Waals surface area contributed by atoms with Crippen LogP contribution in [0.5, 0.6) is 0 Å². The predicted molar refractivity (Wildman–Crippen MR) is 83.1 cm³/mol. The van der Waals surface area contributed by atoms with E-state index in [2.05, 4.69) is 5.32 Å². The smallest absolute Gasteiger partial charge is 0.256 e. The number of hydrogen-bond acceptors (Lipinski definition) is 4. The van der Waals surface area contributed by atoms with E-state index in [1.54, 1.807) is 16.7 Å². The molecule has 1 aromatic rings. The molecule has 2 saturated heterocycles. The Hall–Kier alpha value is -1.67. The summed E-state index contributed by atoms with van der Waals surface area (Å²) in [5.41, 5.74) is -0.139. The summed E-state index contributed by atoms with van der Waals surface area (Å²) in [4.78, 5) is 27.8. The Balaban J connectivity index is 1.60. The normalized spacial score (nSPS) is 21.6. The Morgan fingerprint density at radius 3 is 2.43 bits per heavy atom.